The summed E-state index contributed by atoms with van der Waals surface area (Å²) < 4.78 is 24.4. The van der Waals surface area contributed by atoms with Gasteiger partial charge in [-0.3, -0.25) is 19.6 Å². The number of aliphatic imine (C=N–C) groups is 2. The number of benzene rings is 4. The maximum atomic E-state index is 14.3. The first-order valence-corrected chi connectivity index (χ1v) is 17.9. The van der Waals surface area contributed by atoms with Crippen molar-refractivity contribution in [3.05, 3.63) is 164 Å². The van der Waals surface area contributed by atoms with Crippen molar-refractivity contribution in [1.29, 1.82) is 0 Å². The number of rotatable bonds is 14. The summed E-state index contributed by atoms with van der Waals surface area (Å²) in [7, 11) is 6.46. The van der Waals surface area contributed by atoms with E-state index in [1.54, 1.807) is 62.4 Å². The smallest absolute Gasteiger partial charge is 0.279 e. The van der Waals surface area contributed by atoms with Crippen LogP contribution in [0.2, 0.25) is 0 Å². The van der Waals surface area contributed by atoms with Gasteiger partial charge < -0.3 is 28.1 Å². The largest absolute Gasteiger partial charge is 0.497 e. The Morgan fingerprint density at radius 2 is 0.768 bits per heavy atom. The summed E-state index contributed by atoms with van der Waals surface area (Å²) in [5, 5.41) is 0. The summed E-state index contributed by atoms with van der Waals surface area (Å²) in [6.07, 6.45) is 6.77. The van der Waals surface area contributed by atoms with Crippen LogP contribution in [-0.2, 0) is 26.2 Å². The molecule has 0 saturated carbocycles. The average Bonchev–Trinajstić information content (AvgIpc) is 3.24. The Balaban J connectivity index is 1.37. The Morgan fingerprint density at radius 3 is 1.07 bits per heavy atom. The molecule has 0 atom stereocenters. The van der Waals surface area contributed by atoms with Crippen molar-refractivity contribution in [2.75, 3.05) is 28.4 Å². The molecule has 0 amide bonds. The molecule has 0 aliphatic carbocycles. The maximum Gasteiger partial charge on any atom is 0.279 e. The average molecular weight is 749 g/mol. The van der Waals surface area contributed by atoms with Crippen LogP contribution in [0, 0.1) is 0 Å². The SMILES string of the molecule is COc1ccc(CN=Cc2cn(Cc3ccc(OC)cc3)c(=O)c3nc4c(C=NCc5ccc(OC)cc5)cn(Cc5ccc(OC)cc5)c(=O)c4nc23)cc1. The predicted molar refractivity (Wildman–Crippen MR) is 218 cm³/mol. The van der Waals surface area contributed by atoms with Gasteiger partial charge in [0.05, 0.1) is 54.6 Å². The van der Waals surface area contributed by atoms with E-state index in [0.717, 1.165) is 33.8 Å². The Morgan fingerprint density at radius 1 is 0.464 bits per heavy atom. The van der Waals surface area contributed by atoms with E-state index < -0.39 is 0 Å². The second kappa shape index (κ2) is 16.9. The van der Waals surface area contributed by atoms with Gasteiger partial charge in [0.1, 0.15) is 34.0 Å². The van der Waals surface area contributed by atoms with Gasteiger partial charge in [0.2, 0.25) is 0 Å². The van der Waals surface area contributed by atoms with E-state index in [4.69, 9.17) is 38.9 Å². The summed E-state index contributed by atoms with van der Waals surface area (Å²) in [4.78, 5) is 47.8. The normalized spacial score (nSPS) is 11.5. The molecule has 3 aromatic heterocycles. The molecule has 3 heterocycles. The first-order valence-electron chi connectivity index (χ1n) is 17.9. The summed E-state index contributed by atoms with van der Waals surface area (Å²) in [6.45, 7) is 1.26. The minimum atomic E-state index is -0.360. The van der Waals surface area contributed by atoms with Gasteiger partial charge in [-0.25, -0.2) is 9.97 Å². The van der Waals surface area contributed by atoms with Gasteiger partial charge in [0.15, 0.2) is 11.0 Å². The topological polar surface area (TPSA) is 131 Å². The minimum absolute atomic E-state index is 0.108. The van der Waals surface area contributed by atoms with Crippen LogP contribution in [0.1, 0.15) is 33.4 Å². The number of hydrogen-bond acceptors (Lipinski definition) is 10. The minimum Gasteiger partial charge on any atom is -0.497 e. The molecular formula is C44H40N6O6. The summed E-state index contributed by atoms with van der Waals surface area (Å²) in [6, 6.07) is 30.3. The van der Waals surface area contributed by atoms with Gasteiger partial charge >= 0.3 is 0 Å². The van der Waals surface area contributed by atoms with Gasteiger partial charge in [-0.05, 0) is 70.8 Å². The van der Waals surface area contributed by atoms with Crippen molar-refractivity contribution in [2.24, 2.45) is 9.98 Å². The second-order valence-electron chi connectivity index (χ2n) is 13.0. The van der Waals surface area contributed by atoms with Crippen LogP contribution in [-0.4, -0.2) is 60.0 Å². The lowest BCUT2D eigenvalue weighted by molar-refractivity contribution is 0.414. The number of pyridine rings is 2. The number of nitrogens with zero attached hydrogens (tertiary/aromatic N) is 6. The molecular weight excluding hydrogens is 709 g/mol. The van der Waals surface area contributed by atoms with Crippen LogP contribution < -0.4 is 30.1 Å². The molecule has 0 radical (unpaired) electrons. The monoisotopic (exact) mass is 748 g/mol. The van der Waals surface area contributed by atoms with Crippen LogP contribution >= 0.6 is 0 Å². The molecule has 56 heavy (non-hydrogen) atoms. The number of ether oxygens (including phenoxy) is 4. The van der Waals surface area contributed by atoms with E-state index in [1.807, 2.05) is 97.1 Å². The highest BCUT2D eigenvalue weighted by Crippen LogP contribution is 2.21. The van der Waals surface area contributed by atoms with Crippen molar-refractivity contribution in [3.8, 4) is 23.0 Å². The van der Waals surface area contributed by atoms with Crippen LogP contribution in [0.3, 0.4) is 0 Å². The van der Waals surface area contributed by atoms with E-state index in [1.165, 1.54) is 0 Å². The standard InChI is InChI=1S/C44H40N6O6/c1-53-35-13-5-29(6-14-35)21-45-23-33-27-49(25-31-9-17-37(55-3)18-10-31)43(51)41-39(33)47-42-40(48-41)34(24-46-22-30-7-15-36(54-2)16-8-30)28-50(44(42)52)26-32-11-19-38(56-4)20-12-32/h5-20,23-24,27-28H,21-22,25-26H2,1-4H3. The lowest BCUT2D eigenvalue weighted by atomic mass is 10.1. The molecule has 7 aromatic rings. The molecule has 0 fully saturated rings. The first-order chi connectivity index (χ1) is 27.3. The Hall–Kier alpha value is -7.08. The fourth-order valence-electron chi connectivity index (χ4n) is 6.22. The molecule has 12 heteroatoms. The molecule has 12 nitrogen and oxygen atoms in total. The number of aromatic nitrogens is 4. The third-order valence-corrected chi connectivity index (χ3v) is 9.31. The molecule has 0 saturated heterocycles. The third-order valence-electron chi connectivity index (χ3n) is 9.31. The van der Waals surface area contributed by atoms with E-state index in [-0.39, 0.29) is 46.3 Å². The number of hydrogen-bond donors (Lipinski definition) is 0. The molecule has 0 unspecified atom stereocenters. The van der Waals surface area contributed by atoms with Gasteiger partial charge in [-0.1, -0.05) is 48.5 Å². The predicted octanol–water partition coefficient (Wildman–Crippen LogP) is 6.48. The van der Waals surface area contributed by atoms with Gasteiger partial charge in [0, 0.05) is 35.9 Å². The lowest BCUT2D eigenvalue weighted by Gasteiger charge is -2.13. The number of fused-ring (bicyclic) bond motifs is 2. The Kier molecular flexibility index (Phi) is 11.3. The third kappa shape index (κ3) is 8.34. The molecule has 0 bridgehead atoms. The van der Waals surface area contributed by atoms with Crippen LogP contribution in [0.15, 0.2) is 129 Å². The summed E-state index contributed by atoms with van der Waals surface area (Å²) in [5.41, 5.74) is 4.81. The van der Waals surface area contributed by atoms with Crippen LogP contribution in [0.5, 0.6) is 23.0 Å². The van der Waals surface area contributed by atoms with E-state index in [9.17, 15) is 9.59 Å². The molecule has 4 aromatic carbocycles. The maximum absolute atomic E-state index is 14.3. The Labute approximate surface area is 323 Å². The molecule has 0 spiro atoms. The molecule has 0 N–H and O–H groups in total. The quantitative estimate of drug-likeness (QED) is 0.0914. The molecule has 7 rings (SSSR count). The van der Waals surface area contributed by atoms with Gasteiger partial charge in [-0.15, -0.1) is 0 Å². The molecule has 0 aliphatic rings. The molecule has 0 aliphatic heterocycles. The zero-order valence-electron chi connectivity index (χ0n) is 31.5. The van der Waals surface area contributed by atoms with E-state index in [2.05, 4.69) is 0 Å². The van der Waals surface area contributed by atoms with Crippen molar-refractivity contribution in [1.82, 2.24) is 19.1 Å². The second-order valence-corrected chi connectivity index (χ2v) is 13.0. The van der Waals surface area contributed by atoms with E-state index in [0.29, 0.717) is 35.7 Å². The van der Waals surface area contributed by atoms with Crippen molar-refractivity contribution in [3.63, 3.8) is 0 Å². The fourth-order valence-corrected chi connectivity index (χ4v) is 6.22. The van der Waals surface area contributed by atoms with Crippen molar-refractivity contribution in [2.45, 2.75) is 26.2 Å². The highest BCUT2D eigenvalue weighted by Gasteiger charge is 2.18. The van der Waals surface area contributed by atoms with E-state index >= 15 is 0 Å². The fraction of sp³-hybridized carbons (Fsp3) is 0.182. The van der Waals surface area contributed by atoms with Gasteiger partial charge in [0.25, 0.3) is 11.1 Å². The van der Waals surface area contributed by atoms with Crippen molar-refractivity contribution >= 4 is 34.5 Å². The summed E-state index contributed by atoms with van der Waals surface area (Å²) in [5.74, 6) is 2.92. The van der Waals surface area contributed by atoms with Crippen LogP contribution in [0.4, 0.5) is 0 Å². The number of methoxy groups -OCH3 is 4. The zero-order chi connectivity index (χ0) is 39.0. The lowest BCUT2D eigenvalue weighted by Crippen LogP contribution is -2.26. The highest BCUT2D eigenvalue weighted by atomic mass is 16.5. The highest BCUT2D eigenvalue weighted by molar-refractivity contribution is 6.02. The first kappa shape index (κ1) is 37.2. The van der Waals surface area contributed by atoms with Gasteiger partial charge in [-0.2, -0.15) is 0 Å². The Bertz CT molecular complexity index is 2460. The van der Waals surface area contributed by atoms with Crippen molar-refractivity contribution < 1.29 is 18.9 Å². The summed E-state index contributed by atoms with van der Waals surface area (Å²) >= 11 is 0. The van der Waals surface area contributed by atoms with Crippen LogP contribution in [0.25, 0.3) is 22.1 Å². The zero-order valence-corrected chi connectivity index (χ0v) is 31.5. The molecule has 282 valence electrons.